The fourth-order valence-corrected chi connectivity index (χ4v) is 3.69. The maximum Gasteiger partial charge on any atom is 0.193 e. The zero-order chi connectivity index (χ0) is 19.5. The quantitative estimate of drug-likeness (QED) is 0.223. The zero-order valence-electron chi connectivity index (χ0n) is 18.5. The molecule has 7 heteroatoms. The van der Waals surface area contributed by atoms with Crippen LogP contribution in [0.3, 0.4) is 0 Å². The molecule has 2 fully saturated rings. The van der Waals surface area contributed by atoms with Crippen LogP contribution in [0, 0.1) is 0 Å². The van der Waals surface area contributed by atoms with E-state index in [2.05, 4.69) is 41.0 Å². The van der Waals surface area contributed by atoms with Crippen LogP contribution in [0.15, 0.2) is 4.99 Å². The Morgan fingerprint density at radius 3 is 2.57 bits per heavy atom. The van der Waals surface area contributed by atoms with Gasteiger partial charge in [-0.2, -0.15) is 0 Å². The Balaban J connectivity index is 0.00000392. The molecule has 28 heavy (non-hydrogen) atoms. The lowest BCUT2D eigenvalue weighted by molar-refractivity contribution is -0.0721. The van der Waals surface area contributed by atoms with E-state index in [-0.39, 0.29) is 24.0 Å². The SMILES string of the molecule is CN=C(NCCCCN(C)C(C)C)N1CCC(OCC2CCCCO2)CC1.I. The van der Waals surface area contributed by atoms with Crippen LogP contribution in [-0.4, -0.2) is 87.5 Å². The second-order valence-corrected chi connectivity index (χ2v) is 8.26. The van der Waals surface area contributed by atoms with E-state index >= 15 is 0 Å². The third-order valence-corrected chi connectivity index (χ3v) is 5.85. The second kappa shape index (κ2) is 14.8. The van der Waals surface area contributed by atoms with Gasteiger partial charge in [-0.1, -0.05) is 0 Å². The van der Waals surface area contributed by atoms with Gasteiger partial charge in [0.1, 0.15) is 0 Å². The molecule has 0 aromatic rings. The predicted octanol–water partition coefficient (Wildman–Crippen LogP) is 3.35. The van der Waals surface area contributed by atoms with Crippen LogP contribution in [0.5, 0.6) is 0 Å². The largest absolute Gasteiger partial charge is 0.376 e. The van der Waals surface area contributed by atoms with Gasteiger partial charge in [0.15, 0.2) is 5.96 Å². The van der Waals surface area contributed by atoms with Gasteiger partial charge in [0.2, 0.25) is 0 Å². The lowest BCUT2D eigenvalue weighted by Crippen LogP contribution is -2.47. The number of hydrogen-bond donors (Lipinski definition) is 1. The smallest absolute Gasteiger partial charge is 0.193 e. The minimum Gasteiger partial charge on any atom is -0.376 e. The van der Waals surface area contributed by atoms with Gasteiger partial charge in [-0.05, 0) is 72.4 Å². The first kappa shape index (κ1) is 25.9. The Morgan fingerprint density at radius 1 is 1.21 bits per heavy atom. The molecular weight excluding hydrogens is 467 g/mol. The second-order valence-electron chi connectivity index (χ2n) is 8.26. The van der Waals surface area contributed by atoms with Crippen molar-refractivity contribution in [2.45, 2.75) is 77.0 Å². The number of rotatable bonds is 9. The number of halogens is 1. The molecule has 166 valence electrons. The van der Waals surface area contributed by atoms with Crippen molar-refractivity contribution in [3.05, 3.63) is 0 Å². The number of piperidine rings is 1. The van der Waals surface area contributed by atoms with Gasteiger partial charge in [-0.3, -0.25) is 4.99 Å². The molecule has 1 atom stereocenters. The maximum absolute atomic E-state index is 6.12. The highest BCUT2D eigenvalue weighted by atomic mass is 127. The monoisotopic (exact) mass is 510 g/mol. The van der Waals surface area contributed by atoms with Crippen LogP contribution in [-0.2, 0) is 9.47 Å². The van der Waals surface area contributed by atoms with Crippen molar-refractivity contribution in [3.8, 4) is 0 Å². The summed E-state index contributed by atoms with van der Waals surface area (Å²) in [7, 11) is 4.08. The van der Waals surface area contributed by atoms with Gasteiger partial charge in [-0.15, -0.1) is 24.0 Å². The van der Waals surface area contributed by atoms with Gasteiger partial charge in [-0.25, -0.2) is 0 Å². The first-order chi connectivity index (χ1) is 13.1. The van der Waals surface area contributed by atoms with E-state index in [4.69, 9.17) is 9.47 Å². The Labute approximate surface area is 189 Å². The molecule has 2 saturated heterocycles. The van der Waals surface area contributed by atoms with Crippen LogP contribution in [0.25, 0.3) is 0 Å². The predicted molar refractivity (Wildman–Crippen MR) is 128 cm³/mol. The lowest BCUT2D eigenvalue weighted by Gasteiger charge is -2.35. The minimum absolute atomic E-state index is 0. The summed E-state index contributed by atoms with van der Waals surface area (Å²) >= 11 is 0. The number of hydrogen-bond acceptors (Lipinski definition) is 4. The third-order valence-electron chi connectivity index (χ3n) is 5.85. The van der Waals surface area contributed by atoms with Crippen LogP contribution in [0.1, 0.15) is 58.8 Å². The number of nitrogens with one attached hydrogen (secondary N) is 1. The molecule has 0 bridgehead atoms. The van der Waals surface area contributed by atoms with Crippen molar-refractivity contribution in [2.24, 2.45) is 4.99 Å². The van der Waals surface area contributed by atoms with Crippen molar-refractivity contribution in [1.29, 1.82) is 0 Å². The summed E-state index contributed by atoms with van der Waals surface area (Å²) in [5.41, 5.74) is 0. The van der Waals surface area contributed by atoms with Crippen LogP contribution in [0.2, 0.25) is 0 Å². The van der Waals surface area contributed by atoms with Gasteiger partial charge in [0, 0.05) is 39.3 Å². The Kier molecular flexibility index (Phi) is 13.7. The summed E-state index contributed by atoms with van der Waals surface area (Å²) in [6, 6.07) is 0.624. The van der Waals surface area contributed by atoms with Crippen LogP contribution >= 0.6 is 24.0 Å². The number of ether oxygens (including phenoxy) is 2. The maximum atomic E-state index is 6.12. The molecule has 2 aliphatic heterocycles. The minimum atomic E-state index is 0. The topological polar surface area (TPSA) is 49.3 Å². The molecule has 2 rings (SSSR count). The summed E-state index contributed by atoms with van der Waals surface area (Å²) in [4.78, 5) is 9.25. The first-order valence-electron chi connectivity index (χ1n) is 11.0. The van der Waals surface area contributed by atoms with Gasteiger partial charge >= 0.3 is 0 Å². The van der Waals surface area contributed by atoms with E-state index in [0.29, 0.717) is 18.2 Å². The van der Waals surface area contributed by atoms with E-state index in [1.807, 2.05) is 7.05 Å². The molecule has 6 nitrogen and oxygen atoms in total. The van der Waals surface area contributed by atoms with Crippen molar-refractivity contribution in [1.82, 2.24) is 15.1 Å². The molecule has 1 N–H and O–H groups in total. The molecule has 2 heterocycles. The Bertz CT molecular complexity index is 423. The van der Waals surface area contributed by atoms with E-state index in [9.17, 15) is 0 Å². The molecule has 0 aromatic heterocycles. The molecule has 0 aliphatic carbocycles. The van der Waals surface area contributed by atoms with Crippen molar-refractivity contribution >= 4 is 29.9 Å². The Hall–Kier alpha value is -0.120. The standard InChI is InChI=1S/C21H42N4O2.HI/c1-18(2)24(4)13-7-6-12-23-21(22-3)25-14-10-19(11-15-25)27-17-20-9-5-8-16-26-20;/h18-20H,5-17H2,1-4H3,(H,22,23);1H. The number of aliphatic imine (C=N–C) groups is 1. The summed E-state index contributed by atoms with van der Waals surface area (Å²) in [6.45, 7) is 10.4. The molecule has 2 aliphatic rings. The number of guanidine groups is 1. The van der Waals surface area contributed by atoms with E-state index < -0.39 is 0 Å². The zero-order valence-corrected chi connectivity index (χ0v) is 20.8. The summed E-state index contributed by atoms with van der Waals surface area (Å²) in [6.07, 6.45) is 8.88. The van der Waals surface area contributed by atoms with E-state index in [1.54, 1.807) is 0 Å². The molecule has 0 radical (unpaired) electrons. The molecule has 0 saturated carbocycles. The van der Waals surface area contributed by atoms with Crippen LogP contribution in [0.4, 0.5) is 0 Å². The van der Waals surface area contributed by atoms with Gasteiger partial charge < -0.3 is 24.6 Å². The Morgan fingerprint density at radius 2 is 1.96 bits per heavy atom. The van der Waals surface area contributed by atoms with Gasteiger partial charge in [0.05, 0.1) is 18.8 Å². The lowest BCUT2D eigenvalue weighted by atomic mass is 10.1. The highest BCUT2D eigenvalue weighted by molar-refractivity contribution is 14.0. The molecule has 1 unspecified atom stereocenters. The normalized spacial score (nSPS) is 21.9. The molecule has 0 amide bonds. The van der Waals surface area contributed by atoms with Crippen LogP contribution < -0.4 is 5.32 Å². The summed E-state index contributed by atoms with van der Waals surface area (Å²) < 4.78 is 11.9. The highest BCUT2D eigenvalue weighted by Crippen LogP contribution is 2.18. The van der Waals surface area contributed by atoms with Crippen molar-refractivity contribution < 1.29 is 9.47 Å². The van der Waals surface area contributed by atoms with Crippen molar-refractivity contribution in [3.63, 3.8) is 0 Å². The van der Waals surface area contributed by atoms with Gasteiger partial charge in [0.25, 0.3) is 0 Å². The first-order valence-corrected chi connectivity index (χ1v) is 11.0. The average Bonchev–Trinajstić information content (AvgIpc) is 2.70. The number of likely N-dealkylation sites (tertiary alicyclic amines) is 1. The summed E-state index contributed by atoms with van der Waals surface area (Å²) in [5.74, 6) is 1.04. The van der Waals surface area contributed by atoms with E-state index in [1.165, 1.54) is 25.7 Å². The average molecular weight is 511 g/mol. The fourth-order valence-electron chi connectivity index (χ4n) is 3.69. The van der Waals surface area contributed by atoms with E-state index in [0.717, 1.165) is 64.6 Å². The molecular formula is C21H43IN4O2. The highest BCUT2D eigenvalue weighted by Gasteiger charge is 2.23. The fraction of sp³-hybridized carbons (Fsp3) is 0.952. The van der Waals surface area contributed by atoms with Crippen molar-refractivity contribution in [2.75, 3.05) is 53.5 Å². The molecule has 0 spiro atoms. The summed E-state index contributed by atoms with van der Waals surface area (Å²) in [5, 5.41) is 3.54. The molecule has 0 aromatic carbocycles. The number of unbranched alkanes of at least 4 members (excludes halogenated alkanes) is 1. The number of nitrogens with zero attached hydrogens (tertiary/aromatic N) is 3. The third kappa shape index (κ3) is 9.59.